The predicted molar refractivity (Wildman–Crippen MR) is 102 cm³/mol. The van der Waals surface area contributed by atoms with Gasteiger partial charge in [-0.15, -0.1) is 0 Å². The van der Waals surface area contributed by atoms with Gasteiger partial charge in [0.25, 0.3) is 0 Å². The first-order valence-electron chi connectivity index (χ1n) is 9.53. The van der Waals surface area contributed by atoms with Crippen molar-refractivity contribution in [1.29, 1.82) is 0 Å². The van der Waals surface area contributed by atoms with Crippen molar-refractivity contribution in [2.75, 3.05) is 20.8 Å². The number of carbonyl (C=O) groups excluding carboxylic acids is 1. The molecule has 5 heteroatoms. The van der Waals surface area contributed by atoms with Gasteiger partial charge in [-0.2, -0.15) is 0 Å². The molecule has 0 rings (SSSR count). The summed E-state index contributed by atoms with van der Waals surface area (Å²) in [5.41, 5.74) is 0. The molecule has 0 aromatic rings. The number of unbranched alkanes of at least 4 members (excludes halogenated alkanes) is 8. The van der Waals surface area contributed by atoms with E-state index in [0.29, 0.717) is 6.61 Å². The molecule has 0 aromatic heterocycles. The summed E-state index contributed by atoms with van der Waals surface area (Å²) in [5, 5.41) is 0. The molecule has 0 unspecified atom stereocenters. The number of rotatable bonds is 17. The summed E-state index contributed by atoms with van der Waals surface area (Å²) in [6.07, 6.45) is 13.4. The molecule has 0 aliphatic rings. The summed E-state index contributed by atoms with van der Waals surface area (Å²) < 4.78 is 16.4. The summed E-state index contributed by atoms with van der Waals surface area (Å²) in [6.45, 7) is 6.10. The van der Waals surface area contributed by atoms with E-state index < -0.39 is 8.56 Å². The second kappa shape index (κ2) is 15.9. The smallest absolute Gasteiger partial charge is 0.337 e. The molecule has 0 heterocycles. The van der Waals surface area contributed by atoms with Gasteiger partial charge in [-0.1, -0.05) is 71.3 Å². The highest BCUT2D eigenvalue weighted by Crippen LogP contribution is 2.23. The molecule has 142 valence electrons. The number of hydrogen-bond acceptors (Lipinski definition) is 4. The fourth-order valence-electron chi connectivity index (χ4n) is 2.96. The first-order chi connectivity index (χ1) is 11.6. The lowest BCUT2D eigenvalue weighted by Gasteiger charge is -2.27. The highest BCUT2D eigenvalue weighted by Gasteiger charge is 2.33. The highest BCUT2D eigenvalue weighted by atomic mass is 28.4. The molecule has 0 spiro atoms. The summed E-state index contributed by atoms with van der Waals surface area (Å²) in [5.74, 6) is -0.317. The van der Waals surface area contributed by atoms with Crippen molar-refractivity contribution in [3.05, 3.63) is 12.7 Å². The van der Waals surface area contributed by atoms with Gasteiger partial charge in [-0.3, -0.25) is 0 Å². The molecule has 0 atom stereocenters. The van der Waals surface area contributed by atoms with Crippen LogP contribution in [-0.4, -0.2) is 35.4 Å². The maximum atomic E-state index is 10.9. The van der Waals surface area contributed by atoms with Crippen molar-refractivity contribution in [3.8, 4) is 0 Å². The average molecular weight is 359 g/mol. The predicted octanol–water partition coefficient (Wildman–Crippen LogP) is 5.37. The second-order valence-electron chi connectivity index (χ2n) is 6.37. The molecule has 0 aromatic carbocycles. The summed E-state index contributed by atoms with van der Waals surface area (Å²) in [6, 6.07) is 2.22. The zero-order valence-electron chi connectivity index (χ0n) is 16.1. The minimum atomic E-state index is -1.89. The molecule has 24 heavy (non-hydrogen) atoms. The van der Waals surface area contributed by atoms with Crippen LogP contribution < -0.4 is 0 Å². The van der Waals surface area contributed by atoms with E-state index in [-0.39, 0.29) is 5.97 Å². The Balaban J connectivity index is 3.41. The second-order valence-corrected chi connectivity index (χ2v) is 10.0. The lowest BCUT2D eigenvalue weighted by atomic mass is 10.1. The third-order valence-electron chi connectivity index (χ3n) is 4.49. The minimum absolute atomic E-state index is 0.317. The SMILES string of the molecule is C=CC(=O)OCCCCCCCCCCC[Si](CCC)(OC)OC. The minimum Gasteiger partial charge on any atom is -0.463 e. The normalized spacial score (nSPS) is 11.5. The van der Waals surface area contributed by atoms with Crippen LogP contribution in [0, 0.1) is 0 Å². The van der Waals surface area contributed by atoms with Gasteiger partial charge in [0.2, 0.25) is 0 Å². The molecule has 0 amide bonds. The summed E-state index contributed by atoms with van der Waals surface area (Å²) >= 11 is 0. The fraction of sp³-hybridized carbons (Fsp3) is 0.842. The van der Waals surface area contributed by atoms with E-state index in [0.717, 1.165) is 31.4 Å². The largest absolute Gasteiger partial charge is 0.463 e. The Morgan fingerprint density at radius 1 is 0.875 bits per heavy atom. The molecule has 0 saturated carbocycles. The Hall–Kier alpha value is -0.653. The van der Waals surface area contributed by atoms with Crippen molar-refractivity contribution < 1.29 is 18.4 Å². The van der Waals surface area contributed by atoms with E-state index in [1.54, 1.807) is 0 Å². The number of esters is 1. The first kappa shape index (κ1) is 23.3. The number of ether oxygens (including phenoxy) is 1. The topological polar surface area (TPSA) is 44.8 Å². The molecule has 0 fully saturated rings. The Morgan fingerprint density at radius 3 is 1.83 bits per heavy atom. The molecule has 0 saturated heterocycles. The van der Waals surface area contributed by atoms with E-state index in [1.807, 2.05) is 14.2 Å². The number of hydrogen-bond donors (Lipinski definition) is 0. The van der Waals surface area contributed by atoms with Crippen molar-refractivity contribution in [2.45, 2.75) is 83.2 Å². The van der Waals surface area contributed by atoms with Crippen molar-refractivity contribution in [3.63, 3.8) is 0 Å². The van der Waals surface area contributed by atoms with E-state index in [4.69, 9.17) is 13.6 Å². The van der Waals surface area contributed by atoms with Crippen LogP contribution in [0.15, 0.2) is 12.7 Å². The first-order valence-corrected chi connectivity index (χ1v) is 11.8. The van der Waals surface area contributed by atoms with Crippen molar-refractivity contribution in [1.82, 2.24) is 0 Å². The van der Waals surface area contributed by atoms with Crippen LogP contribution in [0.25, 0.3) is 0 Å². The highest BCUT2D eigenvalue weighted by molar-refractivity contribution is 6.67. The van der Waals surface area contributed by atoms with Crippen LogP contribution in [0.5, 0.6) is 0 Å². The van der Waals surface area contributed by atoms with Crippen LogP contribution >= 0.6 is 0 Å². The lowest BCUT2D eigenvalue weighted by molar-refractivity contribution is -0.137. The van der Waals surface area contributed by atoms with Crippen LogP contribution in [0.4, 0.5) is 0 Å². The van der Waals surface area contributed by atoms with Crippen LogP contribution in [0.2, 0.25) is 12.1 Å². The average Bonchev–Trinajstić information content (AvgIpc) is 2.61. The van der Waals surface area contributed by atoms with Crippen LogP contribution in [0.3, 0.4) is 0 Å². The molecule has 0 aliphatic heterocycles. The summed E-state index contributed by atoms with van der Waals surface area (Å²) in [4.78, 5) is 10.9. The van der Waals surface area contributed by atoms with Gasteiger partial charge in [-0.05, 0) is 18.5 Å². The van der Waals surface area contributed by atoms with Crippen LogP contribution in [-0.2, 0) is 18.4 Å². The molecular formula is C19H38O4Si. The van der Waals surface area contributed by atoms with E-state index in [9.17, 15) is 4.79 Å². The molecule has 4 nitrogen and oxygen atoms in total. The van der Waals surface area contributed by atoms with Gasteiger partial charge in [0, 0.05) is 20.3 Å². The van der Waals surface area contributed by atoms with Crippen molar-refractivity contribution >= 4 is 14.5 Å². The third-order valence-corrected chi connectivity index (χ3v) is 8.35. The maximum Gasteiger partial charge on any atom is 0.337 e. The standard InChI is InChI=1S/C19H38O4Si/c1-5-17-24(21-3,22-4)18-15-13-11-9-7-8-10-12-14-16-23-19(20)6-2/h6H,2,5,7-18H2,1,3-4H3. The van der Waals surface area contributed by atoms with Gasteiger partial charge in [0.15, 0.2) is 0 Å². The van der Waals surface area contributed by atoms with Crippen LogP contribution in [0.1, 0.15) is 71.1 Å². The molecular weight excluding hydrogens is 320 g/mol. The molecule has 0 bridgehead atoms. The Morgan fingerprint density at radius 2 is 1.38 bits per heavy atom. The van der Waals surface area contributed by atoms with E-state index in [2.05, 4.69) is 13.5 Å². The van der Waals surface area contributed by atoms with Gasteiger partial charge in [0.05, 0.1) is 6.61 Å². The van der Waals surface area contributed by atoms with E-state index >= 15 is 0 Å². The molecule has 0 N–H and O–H groups in total. The van der Waals surface area contributed by atoms with Gasteiger partial charge in [-0.25, -0.2) is 4.79 Å². The van der Waals surface area contributed by atoms with Gasteiger partial charge < -0.3 is 13.6 Å². The summed E-state index contributed by atoms with van der Waals surface area (Å²) in [7, 11) is 1.73. The third kappa shape index (κ3) is 11.8. The fourth-order valence-corrected chi connectivity index (χ4v) is 5.75. The van der Waals surface area contributed by atoms with Crippen molar-refractivity contribution in [2.24, 2.45) is 0 Å². The molecule has 0 aliphatic carbocycles. The van der Waals surface area contributed by atoms with Gasteiger partial charge in [0.1, 0.15) is 0 Å². The Bertz CT molecular complexity index is 316. The zero-order valence-corrected chi connectivity index (χ0v) is 17.1. The lowest BCUT2D eigenvalue weighted by Crippen LogP contribution is -2.39. The Labute approximate surface area is 150 Å². The zero-order chi connectivity index (χ0) is 18.1. The number of carbonyl (C=O) groups is 1. The maximum absolute atomic E-state index is 10.9. The quantitative estimate of drug-likeness (QED) is 0.152. The Kier molecular flexibility index (Phi) is 15.4. The monoisotopic (exact) mass is 358 g/mol. The van der Waals surface area contributed by atoms with Gasteiger partial charge >= 0.3 is 14.5 Å². The molecule has 0 radical (unpaired) electrons. The van der Waals surface area contributed by atoms with E-state index in [1.165, 1.54) is 51.0 Å².